The van der Waals surface area contributed by atoms with Gasteiger partial charge in [-0.1, -0.05) is 25.8 Å². The number of ether oxygens (including phenoxy) is 2. The van der Waals surface area contributed by atoms with Crippen LogP contribution in [-0.2, 0) is 37.1 Å². The highest BCUT2D eigenvalue weighted by Gasteiger charge is 2.26. The molecule has 0 aliphatic rings. The zero-order chi connectivity index (χ0) is 27.8. The molecular formula is C25H41N3O9. The number of hydrogen-bond donors (Lipinski definition) is 5. The molecule has 12 heteroatoms. The third-order valence-corrected chi connectivity index (χ3v) is 5.06. The molecule has 0 saturated carbocycles. The highest BCUT2D eigenvalue weighted by atomic mass is 17.1. The Hall–Kier alpha value is -2.93. The summed E-state index contributed by atoms with van der Waals surface area (Å²) in [7, 11) is 0. The lowest BCUT2D eigenvalue weighted by atomic mass is 10.0. The van der Waals surface area contributed by atoms with Gasteiger partial charge in [0.1, 0.15) is 43.3 Å². The SMILES string of the molecule is CCCCCNC(=O)C(Cc1ccc(OCCOO)c(COO)c1)NC(=O)C(C)NC(=O)OC(C)(C)C. The van der Waals surface area contributed by atoms with E-state index in [1.807, 2.05) is 0 Å². The normalized spacial score (nSPS) is 12.8. The Bertz CT molecular complexity index is 858. The first kappa shape index (κ1) is 32.1. The third-order valence-electron chi connectivity index (χ3n) is 5.06. The van der Waals surface area contributed by atoms with Crippen LogP contribution in [0, 0.1) is 0 Å². The summed E-state index contributed by atoms with van der Waals surface area (Å²) in [6.45, 7) is 8.98. The van der Waals surface area contributed by atoms with Gasteiger partial charge >= 0.3 is 6.09 Å². The molecule has 0 aliphatic heterocycles. The molecule has 1 rings (SSSR count). The Morgan fingerprint density at radius 3 is 2.35 bits per heavy atom. The molecule has 0 fully saturated rings. The first-order chi connectivity index (χ1) is 17.5. The zero-order valence-corrected chi connectivity index (χ0v) is 22.3. The molecule has 0 heterocycles. The van der Waals surface area contributed by atoms with Crippen molar-refractivity contribution in [3.8, 4) is 5.75 Å². The summed E-state index contributed by atoms with van der Waals surface area (Å²) in [5.41, 5.74) is 0.434. The lowest BCUT2D eigenvalue weighted by molar-refractivity contribution is -0.253. The van der Waals surface area contributed by atoms with Gasteiger partial charge in [0.05, 0.1) is 0 Å². The molecule has 1 aromatic rings. The number of rotatable bonds is 16. The van der Waals surface area contributed by atoms with Crippen molar-refractivity contribution in [3.63, 3.8) is 0 Å². The van der Waals surface area contributed by atoms with Gasteiger partial charge in [0, 0.05) is 18.5 Å². The summed E-state index contributed by atoms with van der Waals surface area (Å²) >= 11 is 0. The average molecular weight is 528 g/mol. The second-order valence-corrected chi connectivity index (χ2v) is 9.53. The monoisotopic (exact) mass is 527 g/mol. The van der Waals surface area contributed by atoms with Crippen LogP contribution >= 0.6 is 0 Å². The lowest BCUT2D eigenvalue weighted by Gasteiger charge is -2.24. The summed E-state index contributed by atoms with van der Waals surface area (Å²) in [6, 6.07) is 3.13. The number of hydrogen-bond acceptors (Lipinski definition) is 9. The predicted molar refractivity (Wildman–Crippen MR) is 135 cm³/mol. The molecule has 0 aromatic heterocycles. The fourth-order valence-electron chi connectivity index (χ4n) is 3.27. The molecule has 37 heavy (non-hydrogen) atoms. The van der Waals surface area contributed by atoms with Crippen LogP contribution in [0.2, 0.25) is 0 Å². The molecule has 5 N–H and O–H groups in total. The van der Waals surface area contributed by atoms with E-state index >= 15 is 0 Å². The first-order valence-electron chi connectivity index (χ1n) is 12.4. The van der Waals surface area contributed by atoms with Gasteiger partial charge in [-0.05, 0) is 51.8 Å². The van der Waals surface area contributed by atoms with E-state index in [4.69, 9.17) is 20.0 Å². The van der Waals surface area contributed by atoms with E-state index in [-0.39, 0.29) is 32.1 Å². The molecule has 0 aliphatic carbocycles. The van der Waals surface area contributed by atoms with Crippen molar-refractivity contribution < 1.29 is 44.1 Å². The maximum atomic E-state index is 13.0. The van der Waals surface area contributed by atoms with Gasteiger partial charge in [-0.25, -0.2) is 14.6 Å². The number of benzene rings is 1. The minimum Gasteiger partial charge on any atom is -0.491 e. The van der Waals surface area contributed by atoms with E-state index in [0.29, 0.717) is 23.4 Å². The maximum Gasteiger partial charge on any atom is 0.408 e. The summed E-state index contributed by atoms with van der Waals surface area (Å²) in [5, 5.41) is 25.4. The third kappa shape index (κ3) is 13.3. The quantitative estimate of drug-likeness (QED) is 0.123. The van der Waals surface area contributed by atoms with Gasteiger partial charge in [-0.3, -0.25) is 20.1 Å². The van der Waals surface area contributed by atoms with Crippen LogP contribution in [0.1, 0.15) is 65.0 Å². The Balaban J connectivity index is 3.00. The van der Waals surface area contributed by atoms with Crippen molar-refractivity contribution in [1.82, 2.24) is 16.0 Å². The van der Waals surface area contributed by atoms with Crippen LogP contribution in [0.25, 0.3) is 0 Å². The van der Waals surface area contributed by atoms with Gasteiger partial charge in [-0.2, -0.15) is 0 Å². The fraction of sp³-hybridized carbons (Fsp3) is 0.640. The Labute approximate surface area is 217 Å². The van der Waals surface area contributed by atoms with E-state index < -0.39 is 29.7 Å². The smallest absolute Gasteiger partial charge is 0.408 e. The highest BCUT2D eigenvalue weighted by molar-refractivity contribution is 5.91. The van der Waals surface area contributed by atoms with E-state index in [0.717, 1.165) is 19.3 Å². The van der Waals surface area contributed by atoms with Crippen LogP contribution in [0.3, 0.4) is 0 Å². The number of unbranched alkanes of at least 4 members (excludes halogenated alkanes) is 2. The highest BCUT2D eigenvalue weighted by Crippen LogP contribution is 2.22. The second-order valence-electron chi connectivity index (χ2n) is 9.53. The predicted octanol–water partition coefficient (Wildman–Crippen LogP) is 2.79. The standard InChI is InChI=1S/C25H41N3O9/c1-6-7-8-11-26-23(30)20(28-22(29)17(2)27-24(31)37-25(3,4)5)15-18-9-10-21(34-12-13-35-32)19(14-18)16-36-33/h9-10,14,17,20,32-33H,6-8,11-13,15-16H2,1-5H3,(H,26,30)(H,27,31)(H,28,29). The van der Waals surface area contributed by atoms with Gasteiger partial charge in [0.2, 0.25) is 11.8 Å². The summed E-state index contributed by atoms with van der Waals surface area (Å²) in [6.07, 6.45) is 2.15. The molecule has 0 bridgehead atoms. The van der Waals surface area contributed by atoms with Crippen LogP contribution in [0.4, 0.5) is 4.79 Å². The minimum atomic E-state index is -0.951. The van der Waals surface area contributed by atoms with Crippen molar-refractivity contribution in [1.29, 1.82) is 0 Å². The molecule has 1 aromatic carbocycles. The minimum absolute atomic E-state index is 0.0526. The van der Waals surface area contributed by atoms with Crippen LogP contribution in [-0.4, -0.2) is 65.9 Å². The lowest BCUT2D eigenvalue weighted by Crippen LogP contribution is -2.54. The van der Waals surface area contributed by atoms with Gasteiger partial charge in [-0.15, -0.1) is 0 Å². The number of nitrogens with one attached hydrogen (secondary N) is 3. The molecule has 2 atom stereocenters. The van der Waals surface area contributed by atoms with E-state index in [2.05, 4.69) is 32.6 Å². The van der Waals surface area contributed by atoms with E-state index in [9.17, 15) is 14.4 Å². The van der Waals surface area contributed by atoms with E-state index in [1.165, 1.54) is 6.92 Å². The molecule has 210 valence electrons. The first-order valence-corrected chi connectivity index (χ1v) is 12.4. The molecule has 2 unspecified atom stereocenters. The summed E-state index contributed by atoms with van der Waals surface area (Å²) in [5.74, 6) is -0.522. The van der Waals surface area contributed by atoms with E-state index in [1.54, 1.807) is 39.0 Å². The van der Waals surface area contributed by atoms with Gasteiger partial charge < -0.3 is 25.4 Å². The number of carbonyl (C=O) groups excluding carboxylic acids is 3. The van der Waals surface area contributed by atoms with Crippen molar-refractivity contribution in [2.75, 3.05) is 19.8 Å². The van der Waals surface area contributed by atoms with Crippen molar-refractivity contribution in [3.05, 3.63) is 29.3 Å². The Kier molecular flexibility index (Phi) is 14.5. The largest absolute Gasteiger partial charge is 0.491 e. The molecule has 0 radical (unpaired) electrons. The van der Waals surface area contributed by atoms with Crippen molar-refractivity contribution >= 4 is 17.9 Å². The van der Waals surface area contributed by atoms with Crippen molar-refractivity contribution in [2.24, 2.45) is 0 Å². The molecule has 0 spiro atoms. The second kappa shape index (κ2) is 16.7. The number of carbonyl (C=O) groups is 3. The van der Waals surface area contributed by atoms with Gasteiger partial charge in [0.15, 0.2) is 0 Å². The van der Waals surface area contributed by atoms with Crippen LogP contribution in [0.5, 0.6) is 5.75 Å². The molecule has 0 saturated heterocycles. The number of alkyl carbamates (subject to hydrolysis) is 1. The summed E-state index contributed by atoms with van der Waals surface area (Å²) < 4.78 is 10.7. The average Bonchev–Trinajstić information content (AvgIpc) is 2.81. The topological polar surface area (TPSA) is 165 Å². The summed E-state index contributed by atoms with van der Waals surface area (Å²) in [4.78, 5) is 46.1. The zero-order valence-electron chi connectivity index (χ0n) is 22.3. The van der Waals surface area contributed by atoms with Crippen molar-refractivity contribution in [2.45, 2.75) is 84.6 Å². The fourth-order valence-corrected chi connectivity index (χ4v) is 3.27. The molecular weight excluding hydrogens is 486 g/mol. The Morgan fingerprint density at radius 1 is 1.00 bits per heavy atom. The Morgan fingerprint density at radius 2 is 1.73 bits per heavy atom. The van der Waals surface area contributed by atoms with Crippen LogP contribution in [0.15, 0.2) is 18.2 Å². The molecule has 12 nitrogen and oxygen atoms in total. The molecule has 3 amide bonds. The number of amides is 3. The maximum absolute atomic E-state index is 13.0. The van der Waals surface area contributed by atoms with Gasteiger partial charge in [0.25, 0.3) is 0 Å². The van der Waals surface area contributed by atoms with Crippen LogP contribution < -0.4 is 20.7 Å².